The maximum Gasteiger partial charge on any atom is 0.169 e. The Bertz CT molecular complexity index is 1070. The highest BCUT2D eigenvalue weighted by Crippen LogP contribution is 2.26. The summed E-state index contributed by atoms with van der Waals surface area (Å²) in [6.07, 6.45) is 3.01. The number of aromatic nitrogens is 3. The molecule has 0 aliphatic carbocycles. The average molecular weight is 360 g/mol. The minimum atomic E-state index is 0.862. The van der Waals surface area contributed by atoms with Crippen molar-refractivity contribution in [3.05, 3.63) is 71.0 Å². The summed E-state index contributed by atoms with van der Waals surface area (Å²) in [5.41, 5.74) is 5.11. The lowest BCUT2D eigenvalue weighted by atomic mass is 10.1. The Morgan fingerprint density at radius 2 is 2.08 bits per heavy atom. The predicted molar refractivity (Wildman–Crippen MR) is 106 cm³/mol. The number of rotatable bonds is 3. The van der Waals surface area contributed by atoms with Crippen LogP contribution >= 0.6 is 11.3 Å². The topological polar surface area (TPSA) is 34.0 Å². The lowest BCUT2D eigenvalue weighted by Gasteiger charge is -2.28. The molecule has 4 nitrogen and oxygen atoms in total. The minimum absolute atomic E-state index is 0.862. The van der Waals surface area contributed by atoms with Crippen molar-refractivity contribution in [3.63, 3.8) is 0 Å². The second kappa shape index (κ2) is 6.34. The highest BCUT2D eigenvalue weighted by atomic mass is 32.1. The number of nitrogens with zero attached hydrogens (tertiary/aromatic N) is 4. The molecule has 4 heterocycles. The summed E-state index contributed by atoms with van der Waals surface area (Å²) in [6.45, 7) is 2.91. The summed E-state index contributed by atoms with van der Waals surface area (Å²) in [5, 5.41) is 3.38. The van der Waals surface area contributed by atoms with Gasteiger partial charge in [0.25, 0.3) is 0 Å². The number of fused-ring (bicyclic) bond motifs is 2. The van der Waals surface area contributed by atoms with Crippen molar-refractivity contribution in [1.82, 2.24) is 19.4 Å². The van der Waals surface area contributed by atoms with Crippen LogP contribution in [0.3, 0.4) is 0 Å². The standard InChI is InChI=1S/C21H20N4S/c1-24-17(11-15-5-2-3-6-19(15)24)14-25-9-8-18-16(13-25)12-22-21(23-18)20-7-4-10-26-20/h2-7,10-12H,8-9,13-14H2,1H3. The van der Waals surface area contributed by atoms with E-state index in [-0.39, 0.29) is 0 Å². The van der Waals surface area contributed by atoms with Crippen molar-refractivity contribution < 1.29 is 0 Å². The van der Waals surface area contributed by atoms with Crippen molar-refractivity contribution in [2.75, 3.05) is 6.54 Å². The van der Waals surface area contributed by atoms with Crippen LogP contribution in [0.4, 0.5) is 0 Å². The fourth-order valence-corrected chi connectivity index (χ4v) is 4.43. The third-order valence-electron chi connectivity index (χ3n) is 5.19. The van der Waals surface area contributed by atoms with E-state index < -0.39 is 0 Å². The van der Waals surface area contributed by atoms with Crippen molar-refractivity contribution in [2.45, 2.75) is 19.5 Å². The van der Waals surface area contributed by atoms with Gasteiger partial charge >= 0.3 is 0 Å². The second-order valence-electron chi connectivity index (χ2n) is 6.86. The Labute approximate surface area is 156 Å². The van der Waals surface area contributed by atoms with E-state index in [0.29, 0.717) is 0 Å². The number of aryl methyl sites for hydroxylation is 1. The van der Waals surface area contributed by atoms with Gasteiger partial charge in [-0.05, 0) is 29.0 Å². The zero-order valence-electron chi connectivity index (χ0n) is 14.7. The van der Waals surface area contributed by atoms with E-state index in [2.05, 4.69) is 63.3 Å². The van der Waals surface area contributed by atoms with E-state index >= 15 is 0 Å². The summed E-state index contributed by atoms with van der Waals surface area (Å²) < 4.78 is 2.31. The van der Waals surface area contributed by atoms with Crippen LogP contribution in [-0.4, -0.2) is 26.0 Å². The van der Waals surface area contributed by atoms with Crippen molar-refractivity contribution in [1.29, 1.82) is 0 Å². The third kappa shape index (κ3) is 2.73. The molecule has 3 aromatic heterocycles. The number of hydrogen-bond acceptors (Lipinski definition) is 4. The molecular weight excluding hydrogens is 340 g/mol. The average Bonchev–Trinajstić information content (AvgIpc) is 3.31. The highest BCUT2D eigenvalue weighted by Gasteiger charge is 2.20. The highest BCUT2D eigenvalue weighted by molar-refractivity contribution is 7.13. The fraction of sp³-hybridized carbons (Fsp3) is 0.238. The van der Waals surface area contributed by atoms with Crippen molar-refractivity contribution >= 4 is 22.2 Å². The van der Waals surface area contributed by atoms with Gasteiger partial charge in [0.1, 0.15) is 0 Å². The Balaban J connectivity index is 1.38. The molecule has 5 rings (SSSR count). The van der Waals surface area contributed by atoms with Gasteiger partial charge in [-0.15, -0.1) is 11.3 Å². The Morgan fingerprint density at radius 1 is 1.15 bits per heavy atom. The van der Waals surface area contributed by atoms with Crippen LogP contribution in [0.2, 0.25) is 0 Å². The van der Waals surface area contributed by atoms with Gasteiger partial charge in [0.2, 0.25) is 0 Å². The van der Waals surface area contributed by atoms with Crippen LogP contribution in [0.1, 0.15) is 17.0 Å². The summed E-state index contributed by atoms with van der Waals surface area (Å²) in [5.74, 6) is 0.862. The maximum atomic E-state index is 4.82. The van der Waals surface area contributed by atoms with Crippen molar-refractivity contribution in [2.24, 2.45) is 7.05 Å². The molecule has 0 fully saturated rings. The zero-order chi connectivity index (χ0) is 17.5. The third-order valence-corrected chi connectivity index (χ3v) is 6.06. The molecule has 5 heteroatoms. The quantitative estimate of drug-likeness (QED) is 0.547. The zero-order valence-corrected chi connectivity index (χ0v) is 15.5. The Hall–Kier alpha value is -2.50. The van der Waals surface area contributed by atoms with Crippen LogP contribution in [0.25, 0.3) is 21.6 Å². The summed E-state index contributed by atoms with van der Waals surface area (Å²) in [6, 6.07) is 15.0. The van der Waals surface area contributed by atoms with Gasteiger partial charge in [-0.25, -0.2) is 9.97 Å². The van der Waals surface area contributed by atoms with E-state index in [4.69, 9.17) is 4.98 Å². The molecule has 130 valence electrons. The number of thiophene rings is 1. The van der Waals surface area contributed by atoms with Crippen molar-refractivity contribution in [3.8, 4) is 10.7 Å². The molecule has 0 radical (unpaired) electrons. The first-order chi connectivity index (χ1) is 12.8. The molecule has 4 aromatic rings. The van der Waals surface area contributed by atoms with Gasteiger partial charge in [-0.2, -0.15) is 0 Å². The smallest absolute Gasteiger partial charge is 0.169 e. The van der Waals surface area contributed by atoms with Crippen LogP contribution < -0.4 is 0 Å². The lowest BCUT2D eigenvalue weighted by molar-refractivity contribution is 0.238. The van der Waals surface area contributed by atoms with Crippen LogP contribution in [-0.2, 0) is 26.6 Å². The molecule has 0 atom stereocenters. The van der Waals surface area contributed by atoms with Gasteiger partial charge in [-0.3, -0.25) is 4.90 Å². The molecule has 1 aliphatic rings. The molecule has 1 aromatic carbocycles. The van der Waals surface area contributed by atoms with Crippen LogP contribution in [0, 0.1) is 0 Å². The molecule has 0 spiro atoms. The molecule has 0 saturated heterocycles. The number of hydrogen-bond donors (Lipinski definition) is 0. The van der Waals surface area contributed by atoms with E-state index in [1.54, 1.807) is 11.3 Å². The van der Waals surface area contributed by atoms with E-state index in [9.17, 15) is 0 Å². The normalized spacial score (nSPS) is 14.7. The van der Waals surface area contributed by atoms with Gasteiger partial charge in [0.15, 0.2) is 5.82 Å². The lowest BCUT2D eigenvalue weighted by Crippen LogP contribution is -2.31. The first-order valence-corrected chi connectivity index (χ1v) is 9.80. The van der Waals surface area contributed by atoms with Gasteiger partial charge in [0, 0.05) is 56.1 Å². The summed E-state index contributed by atoms with van der Waals surface area (Å²) >= 11 is 1.69. The first-order valence-electron chi connectivity index (χ1n) is 8.92. The largest absolute Gasteiger partial charge is 0.346 e. The monoisotopic (exact) mass is 360 g/mol. The molecule has 26 heavy (non-hydrogen) atoms. The second-order valence-corrected chi connectivity index (χ2v) is 7.80. The van der Waals surface area contributed by atoms with E-state index in [1.807, 2.05) is 12.3 Å². The van der Waals surface area contributed by atoms with E-state index in [1.165, 1.54) is 27.9 Å². The van der Waals surface area contributed by atoms with Gasteiger partial charge < -0.3 is 4.57 Å². The molecule has 0 unspecified atom stereocenters. The molecule has 0 amide bonds. The maximum absolute atomic E-state index is 4.82. The Kier molecular flexibility index (Phi) is 3.84. The fourth-order valence-electron chi connectivity index (χ4n) is 3.76. The van der Waals surface area contributed by atoms with Gasteiger partial charge in [0.05, 0.1) is 10.6 Å². The molecule has 0 N–H and O–H groups in total. The molecule has 1 aliphatic heterocycles. The Morgan fingerprint density at radius 3 is 2.92 bits per heavy atom. The summed E-state index contributed by atoms with van der Waals surface area (Å²) in [7, 11) is 2.16. The predicted octanol–water partition coefficient (Wildman–Crippen LogP) is 4.26. The molecule has 0 saturated carbocycles. The molecule has 0 bridgehead atoms. The minimum Gasteiger partial charge on any atom is -0.346 e. The van der Waals surface area contributed by atoms with Crippen LogP contribution in [0.15, 0.2) is 54.0 Å². The SMILES string of the molecule is Cn1c(CN2CCc3nc(-c4cccs4)ncc3C2)cc2ccccc21. The summed E-state index contributed by atoms with van der Waals surface area (Å²) in [4.78, 5) is 13.0. The first kappa shape index (κ1) is 15.7. The van der Waals surface area contributed by atoms with Gasteiger partial charge in [-0.1, -0.05) is 24.3 Å². The van der Waals surface area contributed by atoms with Crippen LogP contribution in [0.5, 0.6) is 0 Å². The number of benzene rings is 1. The number of para-hydroxylation sites is 1. The molecular formula is C21H20N4S. The van der Waals surface area contributed by atoms with E-state index in [0.717, 1.165) is 36.8 Å².